The van der Waals surface area contributed by atoms with Gasteiger partial charge in [-0.25, -0.2) is 0 Å². The fourth-order valence-corrected chi connectivity index (χ4v) is 1.15. The molecule has 0 heterocycles. The molecule has 0 rings (SSSR count). The molecule has 0 radical (unpaired) electrons. The highest BCUT2D eigenvalue weighted by atomic mass is 79.9. The van der Waals surface area contributed by atoms with Crippen LogP contribution in [0.4, 0.5) is 0 Å². The first-order valence-corrected chi connectivity index (χ1v) is 5.55. The van der Waals surface area contributed by atoms with Crippen LogP contribution in [-0.4, -0.2) is 5.33 Å². The largest absolute Gasteiger partial charge is 0.103 e. The van der Waals surface area contributed by atoms with Gasteiger partial charge in [0.25, 0.3) is 0 Å². The van der Waals surface area contributed by atoms with Crippen molar-refractivity contribution in [3.05, 3.63) is 0 Å². The van der Waals surface area contributed by atoms with Gasteiger partial charge in [0.1, 0.15) is 0 Å². The smallest absolute Gasteiger partial charge is 0.00889 e. The predicted octanol–water partition coefficient (Wildman–Crippen LogP) is 3.75. The molecule has 0 spiro atoms. The van der Waals surface area contributed by atoms with Crippen LogP contribution in [0, 0.1) is 11.8 Å². The molecule has 0 aromatic heterocycles. The zero-order chi connectivity index (χ0) is 8.36. The molecule has 0 aromatic carbocycles. The van der Waals surface area contributed by atoms with E-state index in [-0.39, 0.29) is 0 Å². The van der Waals surface area contributed by atoms with Crippen molar-refractivity contribution >= 4 is 15.9 Å². The molecule has 0 aliphatic rings. The van der Waals surface area contributed by atoms with Crippen LogP contribution < -0.4 is 0 Å². The monoisotopic (exact) mass is 216 g/mol. The Bertz CT molecular complexity index is 119. The van der Waals surface area contributed by atoms with Gasteiger partial charge in [-0.1, -0.05) is 29.3 Å². The SMILES string of the molecule is CCCCC#CCCCCBr. The molecular formula is C10H17Br. The van der Waals surface area contributed by atoms with Gasteiger partial charge in [0.2, 0.25) is 0 Å². The first kappa shape index (κ1) is 11.0. The van der Waals surface area contributed by atoms with Crippen LogP contribution in [0.25, 0.3) is 0 Å². The number of alkyl halides is 1. The number of hydrogen-bond acceptors (Lipinski definition) is 0. The van der Waals surface area contributed by atoms with Crippen molar-refractivity contribution in [1.29, 1.82) is 0 Å². The minimum atomic E-state index is 1.08. The molecule has 0 amide bonds. The van der Waals surface area contributed by atoms with Gasteiger partial charge in [-0.05, 0) is 19.3 Å². The number of halogens is 1. The van der Waals surface area contributed by atoms with Gasteiger partial charge in [0, 0.05) is 18.2 Å². The standard InChI is InChI=1S/C10H17Br/c1-2-3-4-5-6-7-8-9-10-11/h2-4,7-10H2,1H3. The molecule has 0 unspecified atom stereocenters. The van der Waals surface area contributed by atoms with Crippen molar-refractivity contribution in [2.75, 3.05) is 5.33 Å². The number of hydrogen-bond donors (Lipinski definition) is 0. The topological polar surface area (TPSA) is 0 Å². The summed E-state index contributed by atoms with van der Waals surface area (Å²) in [5, 5.41) is 1.11. The molecule has 0 fully saturated rings. The third-order valence-corrected chi connectivity index (χ3v) is 2.03. The van der Waals surface area contributed by atoms with Gasteiger partial charge in [-0.3, -0.25) is 0 Å². The highest BCUT2D eigenvalue weighted by Crippen LogP contribution is 1.97. The Morgan fingerprint density at radius 3 is 2.18 bits per heavy atom. The van der Waals surface area contributed by atoms with Gasteiger partial charge in [-0.2, -0.15) is 0 Å². The molecule has 0 saturated heterocycles. The predicted molar refractivity (Wildman–Crippen MR) is 54.9 cm³/mol. The third-order valence-electron chi connectivity index (χ3n) is 1.47. The lowest BCUT2D eigenvalue weighted by molar-refractivity contribution is 0.820. The second kappa shape index (κ2) is 10.0. The van der Waals surface area contributed by atoms with Crippen LogP contribution in [0.3, 0.4) is 0 Å². The van der Waals surface area contributed by atoms with Crippen LogP contribution in [0.1, 0.15) is 45.4 Å². The van der Waals surface area contributed by atoms with E-state index in [0.29, 0.717) is 0 Å². The molecule has 64 valence electrons. The van der Waals surface area contributed by atoms with Crippen molar-refractivity contribution in [3.63, 3.8) is 0 Å². The molecule has 11 heavy (non-hydrogen) atoms. The summed E-state index contributed by atoms with van der Waals surface area (Å²) in [6.07, 6.45) is 7.18. The summed E-state index contributed by atoms with van der Waals surface area (Å²) in [6.45, 7) is 2.20. The van der Waals surface area contributed by atoms with Crippen molar-refractivity contribution in [3.8, 4) is 11.8 Å². The Balaban J connectivity index is 2.99. The Kier molecular flexibility index (Phi) is 10.1. The van der Waals surface area contributed by atoms with E-state index in [9.17, 15) is 0 Å². The third kappa shape index (κ3) is 10.0. The molecule has 0 nitrogen and oxygen atoms in total. The first-order valence-electron chi connectivity index (χ1n) is 4.43. The molecule has 1 heteroatoms. The molecule has 0 bridgehead atoms. The summed E-state index contributed by atoms with van der Waals surface area (Å²) in [7, 11) is 0. The Labute approximate surface area is 78.9 Å². The van der Waals surface area contributed by atoms with E-state index in [1.807, 2.05) is 0 Å². The van der Waals surface area contributed by atoms with Crippen LogP contribution in [-0.2, 0) is 0 Å². The fraction of sp³-hybridized carbons (Fsp3) is 0.800. The lowest BCUT2D eigenvalue weighted by Gasteiger charge is -1.87. The molecular weight excluding hydrogens is 200 g/mol. The van der Waals surface area contributed by atoms with Gasteiger partial charge < -0.3 is 0 Å². The average molecular weight is 217 g/mol. The Hall–Kier alpha value is 0.0400. The van der Waals surface area contributed by atoms with E-state index in [1.165, 1.54) is 25.7 Å². The van der Waals surface area contributed by atoms with Gasteiger partial charge >= 0.3 is 0 Å². The van der Waals surface area contributed by atoms with Crippen molar-refractivity contribution in [1.82, 2.24) is 0 Å². The summed E-state index contributed by atoms with van der Waals surface area (Å²) in [6, 6.07) is 0. The highest BCUT2D eigenvalue weighted by molar-refractivity contribution is 9.09. The zero-order valence-electron chi connectivity index (χ0n) is 7.33. The van der Waals surface area contributed by atoms with Gasteiger partial charge in [0.05, 0.1) is 0 Å². The van der Waals surface area contributed by atoms with Crippen LogP contribution in [0.2, 0.25) is 0 Å². The maximum atomic E-state index is 3.40. The minimum Gasteiger partial charge on any atom is -0.103 e. The summed E-state index contributed by atoms with van der Waals surface area (Å²) >= 11 is 3.40. The van der Waals surface area contributed by atoms with Crippen LogP contribution in [0.15, 0.2) is 0 Å². The normalized spacial score (nSPS) is 8.91. The van der Waals surface area contributed by atoms with Crippen molar-refractivity contribution in [2.45, 2.75) is 45.4 Å². The van der Waals surface area contributed by atoms with E-state index in [4.69, 9.17) is 0 Å². The highest BCUT2D eigenvalue weighted by Gasteiger charge is 1.81. The average Bonchev–Trinajstić information content (AvgIpc) is 2.03. The molecule has 0 aliphatic carbocycles. The first-order chi connectivity index (χ1) is 5.41. The van der Waals surface area contributed by atoms with Crippen LogP contribution in [0.5, 0.6) is 0 Å². The van der Waals surface area contributed by atoms with E-state index in [1.54, 1.807) is 0 Å². The minimum absolute atomic E-state index is 1.08. The molecule has 0 saturated carbocycles. The van der Waals surface area contributed by atoms with E-state index in [2.05, 4.69) is 34.7 Å². The van der Waals surface area contributed by atoms with E-state index >= 15 is 0 Å². The molecule has 0 atom stereocenters. The van der Waals surface area contributed by atoms with Gasteiger partial charge in [-0.15, -0.1) is 11.8 Å². The molecule has 0 aliphatic heterocycles. The van der Waals surface area contributed by atoms with Crippen molar-refractivity contribution in [2.24, 2.45) is 0 Å². The number of unbranched alkanes of at least 4 members (excludes halogenated alkanes) is 4. The summed E-state index contributed by atoms with van der Waals surface area (Å²) in [5.41, 5.74) is 0. The second-order valence-corrected chi connectivity index (χ2v) is 3.40. The maximum absolute atomic E-state index is 3.40. The molecule has 0 aromatic rings. The Morgan fingerprint density at radius 2 is 1.64 bits per heavy atom. The summed E-state index contributed by atoms with van der Waals surface area (Å²) in [5.74, 6) is 6.36. The quantitative estimate of drug-likeness (QED) is 0.374. The lowest BCUT2D eigenvalue weighted by atomic mass is 10.2. The van der Waals surface area contributed by atoms with Crippen LogP contribution >= 0.6 is 15.9 Å². The second-order valence-electron chi connectivity index (χ2n) is 2.60. The molecule has 0 N–H and O–H groups in total. The summed E-state index contributed by atoms with van der Waals surface area (Å²) < 4.78 is 0. The zero-order valence-corrected chi connectivity index (χ0v) is 8.91. The summed E-state index contributed by atoms with van der Waals surface area (Å²) in [4.78, 5) is 0. The van der Waals surface area contributed by atoms with Gasteiger partial charge in [0.15, 0.2) is 0 Å². The van der Waals surface area contributed by atoms with E-state index < -0.39 is 0 Å². The van der Waals surface area contributed by atoms with Crippen molar-refractivity contribution < 1.29 is 0 Å². The van der Waals surface area contributed by atoms with E-state index in [0.717, 1.165) is 18.2 Å². The number of rotatable bonds is 5. The maximum Gasteiger partial charge on any atom is 0.00889 e. The lowest BCUT2D eigenvalue weighted by Crippen LogP contribution is -1.74. The fourth-order valence-electron chi connectivity index (χ4n) is 0.750. The Morgan fingerprint density at radius 1 is 1.00 bits per heavy atom.